The normalized spacial score (nSPS) is 17.7. The van der Waals surface area contributed by atoms with E-state index >= 15 is 0 Å². The van der Waals surface area contributed by atoms with E-state index in [9.17, 15) is 0 Å². The Labute approximate surface area is 130 Å². The lowest BCUT2D eigenvalue weighted by Gasteiger charge is -2.11. The van der Waals surface area contributed by atoms with E-state index in [1.54, 1.807) is 11.8 Å². The Morgan fingerprint density at radius 1 is 1.00 bits per heavy atom. The molecule has 0 fully saturated rings. The molecule has 0 radical (unpaired) electrons. The fraction of sp³-hybridized carbons (Fsp3) is 0.278. The Bertz CT molecular complexity index is 642. The van der Waals surface area contributed by atoms with Crippen LogP contribution in [0.25, 0.3) is 0 Å². The zero-order chi connectivity index (χ0) is 14.8. The largest absolute Gasteiger partial charge is 0.291 e. The van der Waals surface area contributed by atoms with E-state index in [0.717, 1.165) is 5.04 Å². The van der Waals surface area contributed by atoms with Crippen LogP contribution in [0.4, 0.5) is 0 Å². The second kappa shape index (κ2) is 5.94. The maximum atomic E-state index is 4.48. The van der Waals surface area contributed by atoms with Gasteiger partial charge in [0.15, 0.2) is 0 Å². The van der Waals surface area contributed by atoms with Gasteiger partial charge in [-0.15, -0.1) is 0 Å². The third-order valence-electron chi connectivity index (χ3n) is 3.72. The molecule has 2 aromatic rings. The van der Waals surface area contributed by atoms with Crippen molar-refractivity contribution in [2.24, 2.45) is 5.10 Å². The molecule has 0 unspecified atom stereocenters. The van der Waals surface area contributed by atoms with E-state index in [2.05, 4.69) is 79.8 Å². The van der Waals surface area contributed by atoms with Gasteiger partial charge in [0.1, 0.15) is 10.4 Å². The minimum Gasteiger partial charge on any atom is -0.291 e. The molecule has 21 heavy (non-hydrogen) atoms. The van der Waals surface area contributed by atoms with Gasteiger partial charge in [0.2, 0.25) is 0 Å². The number of hydrazone groups is 1. The molecule has 0 amide bonds. The summed E-state index contributed by atoms with van der Waals surface area (Å²) in [6.45, 7) is 6.54. The predicted molar refractivity (Wildman–Crippen MR) is 91.7 cm³/mol. The van der Waals surface area contributed by atoms with Crippen molar-refractivity contribution in [2.45, 2.75) is 32.1 Å². The van der Waals surface area contributed by atoms with Crippen molar-refractivity contribution in [3.63, 3.8) is 0 Å². The molecular formula is C18H20N2S. The summed E-state index contributed by atoms with van der Waals surface area (Å²) < 4.78 is 0. The molecule has 2 nitrogen and oxygen atoms in total. The summed E-state index contributed by atoms with van der Waals surface area (Å²) in [6, 6.07) is 17.4. The second-order valence-corrected chi connectivity index (χ2v) is 6.83. The molecular weight excluding hydrogens is 276 g/mol. The van der Waals surface area contributed by atoms with Gasteiger partial charge >= 0.3 is 0 Å². The fourth-order valence-corrected chi connectivity index (χ4v) is 3.31. The molecule has 0 spiro atoms. The summed E-state index contributed by atoms with van der Waals surface area (Å²) in [5.41, 5.74) is 8.34. The maximum absolute atomic E-state index is 4.48. The monoisotopic (exact) mass is 296 g/mol. The van der Waals surface area contributed by atoms with Gasteiger partial charge < -0.3 is 0 Å². The Hall–Kier alpha value is -1.74. The van der Waals surface area contributed by atoms with E-state index in [1.807, 2.05) is 0 Å². The number of rotatable bonds is 3. The first-order chi connectivity index (χ1) is 10.1. The number of benzene rings is 2. The lowest BCUT2D eigenvalue weighted by Crippen LogP contribution is -2.06. The van der Waals surface area contributed by atoms with Gasteiger partial charge in [0.05, 0.1) is 0 Å². The number of hydrogen-bond donors (Lipinski definition) is 1. The number of aryl methyl sites for hydroxylation is 1. The van der Waals surface area contributed by atoms with Gasteiger partial charge in [-0.05, 0) is 24.0 Å². The Morgan fingerprint density at radius 2 is 1.67 bits per heavy atom. The summed E-state index contributed by atoms with van der Waals surface area (Å²) in [7, 11) is 0. The molecule has 0 saturated carbocycles. The van der Waals surface area contributed by atoms with Crippen LogP contribution in [0.2, 0.25) is 0 Å². The summed E-state index contributed by atoms with van der Waals surface area (Å²) in [4.78, 5) is 0. The predicted octanol–water partition coefficient (Wildman–Crippen LogP) is 4.82. The lowest BCUT2D eigenvalue weighted by atomic mass is 10.0. The van der Waals surface area contributed by atoms with Crippen molar-refractivity contribution in [1.29, 1.82) is 0 Å². The molecule has 0 bridgehead atoms. The van der Waals surface area contributed by atoms with E-state index in [-0.39, 0.29) is 5.37 Å². The lowest BCUT2D eigenvalue weighted by molar-refractivity contribution is 0.742. The van der Waals surface area contributed by atoms with Gasteiger partial charge in [-0.25, -0.2) is 0 Å². The highest BCUT2D eigenvalue weighted by Gasteiger charge is 2.21. The number of nitrogens with one attached hydrogen (secondary N) is 1. The first-order valence-electron chi connectivity index (χ1n) is 7.30. The first kappa shape index (κ1) is 14.2. The first-order valence-corrected chi connectivity index (χ1v) is 8.18. The molecule has 1 N–H and O–H groups in total. The quantitative estimate of drug-likeness (QED) is 0.878. The van der Waals surface area contributed by atoms with Crippen molar-refractivity contribution < 1.29 is 0 Å². The van der Waals surface area contributed by atoms with E-state index in [0.29, 0.717) is 5.92 Å². The highest BCUT2D eigenvalue weighted by molar-refractivity contribution is 8.14. The maximum Gasteiger partial charge on any atom is 0.126 e. The van der Waals surface area contributed by atoms with Gasteiger partial charge in [-0.3, -0.25) is 5.43 Å². The van der Waals surface area contributed by atoms with E-state index < -0.39 is 0 Å². The molecule has 1 aliphatic heterocycles. The zero-order valence-corrected chi connectivity index (χ0v) is 13.4. The van der Waals surface area contributed by atoms with Gasteiger partial charge in [0, 0.05) is 5.56 Å². The van der Waals surface area contributed by atoms with Crippen LogP contribution < -0.4 is 5.43 Å². The highest BCUT2D eigenvalue weighted by Crippen LogP contribution is 2.34. The summed E-state index contributed by atoms with van der Waals surface area (Å²) in [5, 5.41) is 5.75. The molecule has 0 aliphatic carbocycles. The zero-order valence-electron chi connectivity index (χ0n) is 12.6. The van der Waals surface area contributed by atoms with Crippen molar-refractivity contribution >= 4 is 16.8 Å². The Kier molecular flexibility index (Phi) is 4.02. The van der Waals surface area contributed by atoms with Crippen LogP contribution in [0.5, 0.6) is 0 Å². The molecule has 0 aromatic heterocycles. The molecule has 1 aliphatic rings. The SMILES string of the molecule is Cc1ccc(C2=NN[C@@H](c3ccc(C(C)C)cc3)S2)cc1. The van der Waals surface area contributed by atoms with Crippen LogP contribution in [0, 0.1) is 6.92 Å². The topological polar surface area (TPSA) is 24.4 Å². The molecule has 3 rings (SSSR count). The summed E-state index contributed by atoms with van der Waals surface area (Å²) in [5.74, 6) is 0.572. The van der Waals surface area contributed by atoms with Gasteiger partial charge in [-0.2, -0.15) is 5.10 Å². The molecule has 3 heteroatoms. The molecule has 2 aromatic carbocycles. The highest BCUT2D eigenvalue weighted by atomic mass is 32.2. The van der Waals surface area contributed by atoms with Gasteiger partial charge in [0.25, 0.3) is 0 Å². The summed E-state index contributed by atoms with van der Waals surface area (Å²) in [6.07, 6.45) is 0. The van der Waals surface area contributed by atoms with Crippen LogP contribution in [-0.4, -0.2) is 5.04 Å². The third kappa shape index (κ3) is 3.13. The summed E-state index contributed by atoms with van der Waals surface area (Å²) >= 11 is 1.78. The van der Waals surface area contributed by atoms with Crippen molar-refractivity contribution in [3.8, 4) is 0 Å². The van der Waals surface area contributed by atoms with Crippen molar-refractivity contribution in [3.05, 3.63) is 70.8 Å². The Morgan fingerprint density at radius 3 is 2.29 bits per heavy atom. The fourth-order valence-electron chi connectivity index (χ4n) is 2.31. The number of nitrogens with zero attached hydrogens (tertiary/aromatic N) is 1. The van der Waals surface area contributed by atoms with Crippen LogP contribution in [0.1, 0.15) is 47.4 Å². The van der Waals surface area contributed by atoms with Crippen molar-refractivity contribution in [1.82, 2.24) is 5.43 Å². The minimum absolute atomic E-state index is 0.211. The molecule has 1 atom stereocenters. The smallest absolute Gasteiger partial charge is 0.126 e. The van der Waals surface area contributed by atoms with Crippen molar-refractivity contribution in [2.75, 3.05) is 0 Å². The van der Waals surface area contributed by atoms with Crippen LogP contribution in [0.15, 0.2) is 53.6 Å². The minimum atomic E-state index is 0.211. The third-order valence-corrected chi connectivity index (χ3v) is 4.88. The standard InChI is InChI=1S/C18H20N2S/c1-12(2)14-8-10-16(11-9-14)18-20-19-17(21-18)15-6-4-13(3)5-7-15/h4-12,18,20H,1-3H3/t18-/m1/s1. The average Bonchev–Trinajstić information content (AvgIpc) is 2.98. The van der Waals surface area contributed by atoms with Crippen LogP contribution in [0.3, 0.4) is 0 Å². The van der Waals surface area contributed by atoms with Crippen LogP contribution >= 0.6 is 11.8 Å². The number of hydrogen-bond acceptors (Lipinski definition) is 3. The molecule has 108 valence electrons. The van der Waals surface area contributed by atoms with E-state index in [4.69, 9.17) is 0 Å². The van der Waals surface area contributed by atoms with Gasteiger partial charge in [-0.1, -0.05) is 79.7 Å². The van der Waals surface area contributed by atoms with Crippen LogP contribution in [-0.2, 0) is 0 Å². The average molecular weight is 296 g/mol. The second-order valence-electron chi connectivity index (χ2n) is 5.73. The molecule has 0 saturated heterocycles. The Balaban J connectivity index is 1.72. The van der Waals surface area contributed by atoms with E-state index in [1.165, 1.54) is 22.3 Å². The molecule has 1 heterocycles. The number of thioether (sulfide) groups is 1.